The van der Waals surface area contributed by atoms with Gasteiger partial charge < -0.3 is 10.5 Å². The molecule has 1 rings (SSSR count). The summed E-state index contributed by atoms with van der Waals surface area (Å²) in [5.41, 5.74) is 6.79. The van der Waals surface area contributed by atoms with Crippen LogP contribution in [0.5, 0.6) is 0 Å². The molecule has 4 nitrogen and oxygen atoms in total. The van der Waals surface area contributed by atoms with Crippen molar-refractivity contribution >= 4 is 0 Å². The molecule has 1 aromatic rings. The zero-order chi connectivity index (χ0) is 13.2. The number of aromatic nitrogens is 1. The fourth-order valence-electron chi connectivity index (χ4n) is 1.90. The van der Waals surface area contributed by atoms with Crippen molar-refractivity contribution in [3.05, 3.63) is 30.1 Å². The molecule has 102 valence electrons. The molecule has 2 N–H and O–H groups in total. The minimum absolute atomic E-state index is 0.174. The first kappa shape index (κ1) is 15.1. The molecule has 18 heavy (non-hydrogen) atoms. The first-order valence-corrected chi connectivity index (χ1v) is 6.74. The predicted molar refractivity (Wildman–Crippen MR) is 74.3 cm³/mol. The van der Waals surface area contributed by atoms with Gasteiger partial charge in [0.25, 0.3) is 0 Å². The molecule has 0 spiro atoms. The summed E-state index contributed by atoms with van der Waals surface area (Å²) in [7, 11) is 0. The first-order valence-electron chi connectivity index (χ1n) is 6.74. The molecule has 0 amide bonds. The van der Waals surface area contributed by atoms with Gasteiger partial charge in [-0.15, -0.1) is 0 Å². The van der Waals surface area contributed by atoms with Gasteiger partial charge in [-0.1, -0.05) is 13.0 Å². The summed E-state index contributed by atoms with van der Waals surface area (Å²) in [5.74, 6) is 0. The fraction of sp³-hybridized carbons (Fsp3) is 0.643. The summed E-state index contributed by atoms with van der Waals surface area (Å²) in [6, 6.07) is 6.03. The second-order valence-electron chi connectivity index (χ2n) is 4.29. The third-order valence-electron chi connectivity index (χ3n) is 2.99. The van der Waals surface area contributed by atoms with Gasteiger partial charge >= 0.3 is 0 Å². The molecule has 0 saturated carbocycles. The minimum atomic E-state index is 0.174. The van der Waals surface area contributed by atoms with E-state index in [1.54, 1.807) is 0 Å². The third-order valence-corrected chi connectivity index (χ3v) is 2.99. The van der Waals surface area contributed by atoms with Crippen LogP contribution in [0.4, 0.5) is 0 Å². The molecule has 0 aliphatic carbocycles. The Morgan fingerprint density at radius 3 is 2.78 bits per heavy atom. The summed E-state index contributed by atoms with van der Waals surface area (Å²) >= 11 is 0. The average molecular weight is 251 g/mol. The Balaban J connectivity index is 2.37. The normalized spacial score (nSPS) is 12.9. The molecule has 4 heteroatoms. The lowest BCUT2D eigenvalue weighted by Gasteiger charge is -2.23. The van der Waals surface area contributed by atoms with Gasteiger partial charge in [0, 0.05) is 32.4 Å². The quantitative estimate of drug-likeness (QED) is 0.725. The summed E-state index contributed by atoms with van der Waals surface area (Å²) < 4.78 is 5.57. The van der Waals surface area contributed by atoms with Gasteiger partial charge in [-0.25, -0.2) is 0 Å². The number of nitrogens with zero attached hydrogens (tertiary/aromatic N) is 2. The van der Waals surface area contributed by atoms with Crippen molar-refractivity contribution in [3.8, 4) is 0 Å². The van der Waals surface area contributed by atoms with E-state index >= 15 is 0 Å². The van der Waals surface area contributed by atoms with E-state index in [-0.39, 0.29) is 6.10 Å². The van der Waals surface area contributed by atoms with Gasteiger partial charge in [0.15, 0.2) is 0 Å². The Morgan fingerprint density at radius 2 is 2.22 bits per heavy atom. The number of pyridine rings is 1. The summed E-state index contributed by atoms with van der Waals surface area (Å²) in [6.07, 6.45) is 2.99. The van der Waals surface area contributed by atoms with E-state index in [0.29, 0.717) is 6.54 Å². The summed E-state index contributed by atoms with van der Waals surface area (Å²) in [6.45, 7) is 8.40. The highest BCUT2D eigenvalue weighted by Crippen LogP contribution is 2.04. The van der Waals surface area contributed by atoms with Gasteiger partial charge in [0.1, 0.15) is 0 Å². The van der Waals surface area contributed by atoms with Crippen LogP contribution in [-0.2, 0) is 11.3 Å². The lowest BCUT2D eigenvalue weighted by molar-refractivity contribution is 0.0540. The minimum Gasteiger partial charge on any atom is -0.377 e. The molecule has 1 aromatic heterocycles. The van der Waals surface area contributed by atoms with Crippen molar-refractivity contribution in [1.82, 2.24) is 9.88 Å². The molecule has 0 aromatic carbocycles. The van der Waals surface area contributed by atoms with Gasteiger partial charge in [0.05, 0.1) is 11.8 Å². The molecule has 0 saturated heterocycles. The number of hydrogen-bond donors (Lipinski definition) is 1. The highest BCUT2D eigenvalue weighted by atomic mass is 16.5. The van der Waals surface area contributed by atoms with Crippen LogP contribution in [0, 0.1) is 0 Å². The number of ether oxygens (including phenoxy) is 1. The number of hydrogen-bond acceptors (Lipinski definition) is 4. The molecule has 0 aliphatic heterocycles. The smallest absolute Gasteiger partial charge is 0.0709 e. The molecular weight excluding hydrogens is 226 g/mol. The molecule has 0 radical (unpaired) electrons. The zero-order valence-corrected chi connectivity index (χ0v) is 11.5. The van der Waals surface area contributed by atoms with Crippen LogP contribution >= 0.6 is 0 Å². The molecule has 0 fully saturated rings. The maximum atomic E-state index is 5.68. The van der Waals surface area contributed by atoms with Crippen LogP contribution < -0.4 is 5.73 Å². The molecule has 1 atom stereocenters. The van der Waals surface area contributed by atoms with Crippen LogP contribution in [0.1, 0.15) is 26.0 Å². The van der Waals surface area contributed by atoms with Gasteiger partial charge in [0.2, 0.25) is 0 Å². The van der Waals surface area contributed by atoms with Crippen molar-refractivity contribution in [2.45, 2.75) is 32.9 Å². The molecule has 1 heterocycles. The lowest BCUT2D eigenvalue weighted by Crippen LogP contribution is -2.31. The van der Waals surface area contributed by atoms with E-state index in [2.05, 4.69) is 22.9 Å². The van der Waals surface area contributed by atoms with E-state index in [1.165, 1.54) is 0 Å². The zero-order valence-electron chi connectivity index (χ0n) is 11.5. The highest BCUT2D eigenvalue weighted by Gasteiger charge is 2.10. The Labute approximate surface area is 110 Å². The summed E-state index contributed by atoms with van der Waals surface area (Å²) in [4.78, 5) is 6.72. The van der Waals surface area contributed by atoms with Crippen molar-refractivity contribution in [2.24, 2.45) is 5.73 Å². The second-order valence-corrected chi connectivity index (χ2v) is 4.29. The number of nitrogens with two attached hydrogens (primary N) is 1. The standard InChI is InChI=1S/C14H25N3O/c1-3-17(10-8-14(11-15)18-4-2)12-13-7-5-6-9-16-13/h5-7,9,14H,3-4,8,10-12,15H2,1-2H3. The third kappa shape index (κ3) is 5.58. The number of rotatable bonds is 9. The SMILES string of the molecule is CCOC(CN)CCN(CC)Cc1ccccn1. The molecule has 1 unspecified atom stereocenters. The largest absolute Gasteiger partial charge is 0.377 e. The molecular formula is C14H25N3O. The van der Waals surface area contributed by atoms with Gasteiger partial charge in [-0.2, -0.15) is 0 Å². The Hall–Kier alpha value is -0.970. The molecule has 0 bridgehead atoms. The highest BCUT2D eigenvalue weighted by molar-refractivity contribution is 5.03. The van der Waals surface area contributed by atoms with Crippen molar-refractivity contribution in [3.63, 3.8) is 0 Å². The van der Waals surface area contributed by atoms with E-state index in [1.807, 2.05) is 25.3 Å². The van der Waals surface area contributed by atoms with E-state index in [0.717, 1.165) is 38.4 Å². The van der Waals surface area contributed by atoms with E-state index in [9.17, 15) is 0 Å². The maximum absolute atomic E-state index is 5.68. The first-order chi connectivity index (χ1) is 8.80. The van der Waals surface area contributed by atoms with E-state index < -0.39 is 0 Å². The lowest BCUT2D eigenvalue weighted by atomic mass is 10.2. The van der Waals surface area contributed by atoms with Crippen molar-refractivity contribution in [1.29, 1.82) is 0 Å². The van der Waals surface area contributed by atoms with Crippen LogP contribution in [0.2, 0.25) is 0 Å². The van der Waals surface area contributed by atoms with Crippen LogP contribution in [0.3, 0.4) is 0 Å². The monoisotopic (exact) mass is 251 g/mol. The Morgan fingerprint density at radius 1 is 1.39 bits per heavy atom. The Kier molecular flexibility index (Phi) is 7.57. The van der Waals surface area contributed by atoms with Crippen LogP contribution in [0.15, 0.2) is 24.4 Å². The fourth-order valence-corrected chi connectivity index (χ4v) is 1.90. The van der Waals surface area contributed by atoms with Crippen LogP contribution in [-0.4, -0.2) is 42.2 Å². The Bertz CT molecular complexity index is 305. The topological polar surface area (TPSA) is 51.4 Å². The van der Waals surface area contributed by atoms with Crippen molar-refractivity contribution < 1.29 is 4.74 Å². The summed E-state index contributed by atoms with van der Waals surface area (Å²) in [5, 5.41) is 0. The maximum Gasteiger partial charge on any atom is 0.0709 e. The predicted octanol–water partition coefficient (Wildman–Crippen LogP) is 1.66. The van der Waals surface area contributed by atoms with Gasteiger partial charge in [-0.05, 0) is 32.0 Å². The second kappa shape index (κ2) is 9.03. The van der Waals surface area contributed by atoms with Crippen LogP contribution in [0.25, 0.3) is 0 Å². The molecule has 0 aliphatic rings. The van der Waals surface area contributed by atoms with Crippen molar-refractivity contribution in [2.75, 3.05) is 26.2 Å². The average Bonchev–Trinajstić information content (AvgIpc) is 2.43. The van der Waals surface area contributed by atoms with E-state index in [4.69, 9.17) is 10.5 Å². The van der Waals surface area contributed by atoms with Gasteiger partial charge in [-0.3, -0.25) is 9.88 Å².